The highest BCUT2D eigenvalue weighted by atomic mass is 35.5. The standard InChI is InChI=1S/C14H15F3N4.ClH/c1-9(2)13-11(3-4-12(20-13)14(15,16)17)8-21-7-10(5-18)6-19-21;/h3-4,6-7H,1,5,8,18H2,2H3;1H. The van der Waals surface area contributed by atoms with Crippen LogP contribution < -0.4 is 5.73 Å². The molecule has 0 radical (unpaired) electrons. The summed E-state index contributed by atoms with van der Waals surface area (Å²) in [6.07, 6.45) is -1.10. The maximum atomic E-state index is 12.7. The minimum absolute atomic E-state index is 0. The zero-order chi connectivity index (χ0) is 15.6. The van der Waals surface area contributed by atoms with Gasteiger partial charge in [-0.15, -0.1) is 12.4 Å². The van der Waals surface area contributed by atoms with E-state index in [2.05, 4.69) is 16.7 Å². The maximum absolute atomic E-state index is 12.7. The van der Waals surface area contributed by atoms with Crippen LogP contribution >= 0.6 is 12.4 Å². The Balaban J connectivity index is 0.00000242. The monoisotopic (exact) mass is 332 g/mol. The summed E-state index contributed by atoms with van der Waals surface area (Å²) in [5.41, 5.74) is 6.77. The van der Waals surface area contributed by atoms with E-state index in [1.165, 1.54) is 6.07 Å². The van der Waals surface area contributed by atoms with E-state index in [0.29, 0.717) is 24.2 Å². The molecule has 0 aliphatic heterocycles. The Bertz CT molecular complexity index is 664. The quantitative estimate of drug-likeness (QED) is 0.935. The summed E-state index contributed by atoms with van der Waals surface area (Å²) in [6, 6.07) is 2.37. The molecule has 2 rings (SSSR count). The fourth-order valence-electron chi connectivity index (χ4n) is 1.92. The van der Waals surface area contributed by atoms with Crippen molar-refractivity contribution >= 4 is 18.0 Å². The molecule has 0 saturated carbocycles. The fraction of sp³-hybridized carbons (Fsp3) is 0.286. The van der Waals surface area contributed by atoms with Crippen molar-refractivity contribution in [1.29, 1.82) is 0 Å². The highest BCUT2D eigenvalue weighted by molar-refractivity contribution is 5.85. The van der Waals surface area contributed by atoms with Gasteiger partial charge in [0.15, 0.2) is 0 Å². The molecule has 2 aromatic rings. The van der Waals surface area contributed by atoms with E-state index in [9.17, 15) is 13.2 Å². The predicted octanol–water partition coefficient (Wildman–Crippen LogP) is 3.26. The molecule has 0 aliphatic carbocycles. The van der Waals surface area contributed by atoms with E-state index in [0.717, 1.165) is 11.6 Å². The van der Waals surface area contributed by atoms with E-state index in [1.807, 2.05) is 0 Å². The molecule has 0 fully saturated rings. The molecular formula is C14H16ClF3N4. The smallest absolute Gasteiger partial charge is 0.326 e. The molecule has 0 amide bonds. The van der Waals surface area contributed by atoms with E-state index < -0.39 is 11.9 Å². The number of hydrogen-bond donors (Lipinski definition) is 1. The Morgan fingerprint density at radius 3 is 2.55 bits per heavy atom. The van der Waals surface area contributed by atoms with E-state index in [-0.39, 0.29) is 18.1 Å². The molecule has 0 bridgehead atoms. The number of nitrogens with two attached hydrogens (primary N) is 1. The number of rotatable bonds is 4. The van der Waals surface area contributed by atoms with Crippen LogP contribution in [-0.4, -0.2) is 14.8 Å². The lowest BCUT2D eigenvalue weighted by molar-refractivity contribution is -0.141. The van der Waals surface area contributed by atoms with Crippen LogP contribution in [0.1, 0.15) is 29.4 Å². The molecule has 0 unspecified atom stereocenters. The number of nitrogens with zero attached hydrogens (tertiary/aromatic N) is 3. The second-order valence-corrected chi connectivity index (χ2v) is 4.73. The third kappa shape index (κ3) is 4.08. The van der Waals surface area contributed by atoms with Crippen LogP contribution in [0.5, 0.6) is 0 Å². The Kier molecular flexibility index (Phi) is 5.73. The summed E-state index contributed by atoms with van der Waals surface area (Å²) in [5.74, 6) is 0. The first-order chi connectivity index (χ1) is 9.81. The Morgan fingerprint density at radius 2 is 2.05 bits per heavy atom. The number of allylic oxidation sites excluding steroid dienone is 1. The molecule has 2 aromatic heterocycles. The van der Waals surface area contributed by atoms with Crippen molar-refractivity contribution < 1.29 is 13.2 Å². The third-order valence-corrected chi connectivity index (χ3v) is 2.93. The van der Waals surface area contributed by atoms with Crippen LogP contribution in [0.2, 0.25) is 0 Å². The van der Waals surface area contributed by atoms with Gasteiger partial charge in [-0.1, -0.05) is 12.6 Å². The van der Waals surface area contributed by atoms with Crippen molar-refractivity contribution in [2.45, 2.75) is 26.2 Å². The molecule has 0 aliphatic rings. The molecule has 8 heteroatoms. The van der Waals surface area contributed by atoms with E-state index in [1.54, 1.807) is 24.0 Å². The number of halogens is 4. The summed E-state index contributed by atoms with van der Waals surface area (Å²) in [6.45, 7) is 5.99. The summed E-state index contributed by atoms with van der Waals surface area (Å²) in [5, 5.41) is 4.11. The first-order valence-electron chi connectivity index (χ1n) is 6.25. The second-order valence-electron chi connectivity index (χ2n) is 4.73. The highest BCUT2D eigenvalue weighted by Gasteiger charge is 2.33. The van der Waals surface area contributed by atoms with Crippen molar-refractivity contribution in [3.05, 3.63) is 53.6 Å². The first kappa shape index (κ1) is 18.2. The van der Waals surface area contributed by atoms with Gasteiger partial charge in [-0.2, -0.15) is 18.3 Å². The fourth-order valence-corrected chi connectivity index (χ4v) is 1.92. The summed E-state index contributed by atoms with van der Waals surface area (Å²) >= 11 is 0. The average Bonchev–Trinajstić information content (AvgIpc) is 2.85. The van der Waals surface area contributed by atoms with Crippen LogP contribution in [0, 0.1) is 0 Å². The predicted molar refractivity (Wildman–Crippen MR) is 80.4 cm³/mol. The summed E-state index contributed by atoms with van der Waals surface area (Å²) < 4.78 is 39.8. The van der Waals surface area contributed by atoms with Gasteiger partial charge in [0, 0.05) is 18.3 Å². The summed E-state index contributed by atoms with van der Waals surface area (Å²) in [7, 11) is 0. The molecule has 0 saturated heterocycles. The number of alkyl halides is 3. The first-order valence-corrected chi connectivity index (χ1v) is 6.25. The molecule has 22 heavy (non-hydrogen) atoms. The zero-order valence-electron chi connectivity index (χ0n) is 11.9. The van der Waals surface area contributed by atoms with Crippen molar-refractivity contribution in [2.75, 3.05) is 0 Å². The molecule has 4 nitrogen and oxygen atoms in total. The van der Waals surface area contributed by atoms with E-state index in [4.69, 9.17) is 5.73 Å². The number of hydrogen-bond acceptors (Lipinski definition) is 3. The molecule has 2 heterocycles. The Labute approximate surface area is 132 Å². The lowest BCUT2D eigenvalue weighted by Gasteiger charge is -2.12. The lowest BCUT2D eigenvalue weighted by atomic mass is 10.1. The minimum Gasteiger partial charge on any atom is -0.326 e. The van der Waals surface area contributed by atoms with Crippen LogP contribution in [0.4, 0.5) is 13.2 Å². The van der Waals surface area contributed by atoms with Crippen LogP contribution in [-0.2, 0) is 19.3 Å². The molecular weight excluding hydrogens is 317 g/mol. The normalized spacial score (nSPS) is 11.1. The van der Waals surface area contributed by atoms with Gasteiger partial charge in [0.25, 0.3) is 0 Å². The minimum atomic E-state index is -4.47. The highest BCUT2D eigenvalue weighted by Crippen LogP contribution is 2.29. The lowest BCUT2D eigenvalue weighted by Crippen LogP contribution is -2.12. The average molecular weight is 333 g/mol. The van der Waals surface area contributed by atoms with Crippen molar-refractivity contribution in [3.8, 4) is 0 Å². The van der Waals surface area contributed by atoms with Gasteiger partial charge in [-0.3, -0.25) is 4.68 Å². The van der Waals surface area contributed by atoms with Gasteiger partial charge in [0.05, 0.1) is 18.4 Å². The molecule has 0 aromatic carbocycles. The molecule has 0 atom stereocenters. The topological polar surface area (TPSA) is 56.7 Å². The Hall–Kier alpha value is -1.86. The van der Waals surface area contributed by atoms with Gasteiger partial charge >= 0.3 is 6.18 Å². The van der Waals surface area contributed by atoms with Gasteiger partial charge in [0.1, 0.15) is 5.69 Å². The van der Waals surface area contributed by atoms with Crippen molar-refractivity contribution in [2.24, 2.45) is 5.73 Å². The third-order valence-electron chi connectivity index (χ3n) is 2.93. The van der Waals surface area contributed by atoms with E-state index >= 15 is 0 Å². The van der Waals surface area contributed by atoms with Gasteiger partial charge in [0.2, 0.25) is 0 Å². The number of aromatic nitrogens is 3. The van der Waals surface area contributed by atoms with Gasteiger partial charge < -0.3 is 5.73 Å². The second kappa shape index (κ2) is 6.93. The SMILES string of the molecule is C=C(C)c1nc(C(F)(F)F)ccc1Cn1cc(CN)cn1.Cl. The molecule has 2 N–H and O–H groups in total. The molecule has 120 valence electrons. The Morgan fingerprint density at radius 1 is 1.36 bits per heavy atom. The largest absolute Gasteiger partial charge is 0.433 e. The van der Waals surface area contributed by atoms with Crippen LogP contribution in [0.15, 0.2) is 31.1 Å². The van der Waals surface area contributed by atoms with Gasteiger partial charge in [-0.25, -0.2) is 4.98 Å². The zero-order valence-corrected chi connectivity index (χ0v) is 12.7. The number of pyridine rings is 1. The summed E-state index contributed by atoms with van der Waals surface area (Å²) in [4.78, 5) is 3.68. The van der Waals surface area contributed by atoms with Crippen molar-refractivity contribution in [3.63, 3.8) is 0 Å². The van der Waals surface area contributed by atoms with Gasteiger partial charge in [-0.05, 0) is 24.1 Å². The van der Waals surface area contributed by atoms with Crippen molar-refractivity contribution in [1.82, 2.24) is 14.8 Å². The molecule has 0 spiro atoms. The van der Waals surface area contributed by atoms with Crippen LogP contribution in [0.3, 0.4) is 0 Å². The maximum Gasteiger partial charge on any atom is 0.433 e. The van der Waals surface area contributed by atoms with Crippen LogP contribution in [0.25, 0.3) is 5.57 Å².